The Kier molecular flexibility index (Phi) is 4.31. The first kappa shape index (κ1) is 15.1. The lowest BCUT2D eigenvalue weighted by Gasteiger charge is -2.06. The van der Waals surface area contributed by atoms with E-state index in [1.54, 1.807) is 0 Å². The van der Waals surface area contributed by atoms with Gasteiger partial charge in [-0.2, -0.15) is 18.3 Å². The second-order valence-corrected chi connectivity index (χ2v) is 4.79. The Hall–Kier alpha value is -2.30. The van der Waals surface area contributed by atoms with Crippen molar-refractivity contribution in [2.45, 2.75) is 20.0 Å². The van der Waals surface area contributed by atoms with Gasteiger partial charge in [-0.1, -0.05) is 18.2 Å². The summed E-state index contributed by atoms with van der Waals surface area (Å²) in [4.78, 5) is 0. The molecule has 2 nitrogen and oxygen atoms in total. The quantitative estimate of drug-likeness (QED) is 0.639. The molecular formula is C16H15F3N2. The molecule has 2 rings (SSSR count). The van der Waals surface area contributed by atoms with Crippen molar-refractivity contribution in [1.82, 2.24) is 0 Å². The predicted molar refractivity (Wildman–Crippen MR) is 78.6 cm³/mol. The summed E-state index contributed by atoms with van der Waals surface area (Å²) < 4.78 is 37.3. The molecule has 2 aromatic carbocycles. The number of nitrogens with zero attached hydrogens (tertiary/aromatic N) is 1. The van der Waals surface area contributed by atoms with Crippen molar-refractivity contribution in [1.29, 1.82) is 0 Å². The number of nitrogens with one attached hydrogen (secondary N) is 1. The SMILES string of the molecule is Cc1ccc(N/N=C/c2ccc(C(F)(F)F)cc2)cc1C. The third-order valence-corrected chi connectivity index (χ3v) is 3.15. The van der Waals surface area contributed by atoms with Gasteiger partial charge in [0, 0.05) is 0 Å². The molecule has 0 aliphatic rings. The van der Waals surface area contributed by atoms with Crippen LogP contribution in [0.2, 0.25) is 0 Å². The lowest BCUT2D eigenvalue weighted by Crippen LogP contribution is -2.04. The summed E-state index contributed by atoms with van der Waals surface area (Å²) in [7, 11) is 0. The van der Waals surface area contributed by atoms with Gasteiger partial charge in [0.25, 0.3) is 0 Å². The Morgan fingerprint density at radius 1 is 0.952 bits per heavy atom. The van der Waals surface area contributed by atoms with Gasteiger partial charge in [-0.3, -0.25) is 5.43 Å². The molecule has 2 aromatic rings. The summed E-state index contributed by atoms with van der Waals surface area (Å²) in [6.45, 7) is 4.02. The van der Waals surface area contributed by atoms with Crippen LogP contribution in [0.4, 0.5) is 18.9 Å². The van der Waals surface area contributed by atoms with E-state index in [4.69, 9.17) is 0 Å². The molecule has 0 fully saturated rings. The van der Waals surface area contributed by atoms with Crippen LogP contribution in [0.15, 0.2) is 47.6 Å². The molecule has 0 aliphatic heterocycles. The molecule has 0 bridgehead atoms. The zero-order chi connectivity index (χ0) is 15.5. The van der Waals surface area contributed by atoms with E-state index in [9.17, 15) is 13.2 Å². The van der Waals surface area contributed by atoms with E-state index in [-0.39, 0.29) is 0 Å². The summed E-state index contributed by atoms with van der Waals surface area (Å²) >= 11 is 0. The van der Waals surface area contributed by atoms with E-state index in [0.29, 0.717) is 5.56 Å². The highest BCUT2D eigenvalue weighted by Crippen LogP contribution is 2.28. The Morgan fingerprint density at radius 3 is 2.19 bits per heavy atom. The van der Waals surface area contributed by atoms with Crippen LogP contribution in [0.5, 0.6) is 0 Å². The maximum Gasteiger partial charge on any atom is 0.416 e. The number of aryl methyl sites for hydroxylation is 2. The first-order chi connectivity index (χ1) is 9.86. The molecule has 0 atom stereocenters. The second-order valence-electron chi connectivity index (χ2n) is 4.79. The van der Waals surface area contributed by atoms with E-state index in [2.05, 4.69) is 10.5 Å². The van der Waals surface area contributed by atoms with Gasteiger partial charge in [-0.25, -0.2) is 0 Å². The van der Waals surface area contributed by atoms with Gasteiger partial charge in [0.2, 0.25) is 0 Å². The molecule has 1 N–H and O–H groups in total. The number of halogens is 3. The average Bonchev–Trinajstić information content (AvgIpc) is 2.42. The number of rotatable bonds is 3. The van der Waals surface area contributed by atoms with Gasteiger partial charge < -0.3 is 0 Å². The molecule has 0 saturated heterocycles. The third kappa shape index (κ3) is 4.08. The van der Waals surface area contributed by atoms with E-state index in [1.807, 2.05) is 32.0 Å². The zero-order valence-electron chi connectivity index (χ0n) is 11.7. The molecule has 0 unspecified atom stereocenters. The maximum absolute atomic E-state index is 12.4. The van der Waals surface area contributed by atoms with Crippen LogP contribution in [0.25, 0.3) is 0 Å². The van der Waals surface area contributed by atoms with Crippen LogP contribution in [-0.2, 0) is 6.18 Å². The van der Waals surface area contributed by atoms with E-state index in [0.717, 1.165) is 23.4 Å². The number of benzene rings is 2. The predicted octanol–water partition coefficient (Wildman–Crippen LogP) is 4.77. The average molecular weight is 292 g/mol. The van der Waals surface area contributed by atoms with Crippen LogP contribution < -0.4 is 5.43 Å². The van der Waals surface area contributed by atoms with Crippen LogP contribution >= 0.6 is 0 Å². The van der Waals surface area contributed by atoms with Crippen LogP contribution in [0.3, 0.4) is 0 Å². The standard InChI is InChI=1S/C16H15F3N2/c1-11-3-8-15(9-12(11)2)21-20-10-13-4-6-14(7-5-13)16(17,18)19/h3-10,21H,1-2H3/b20-10+. The molecule has 110 valence electrons. The lowest BCUT2D eigenvalue weighted by atomic mass is 10.1. The van der Waals surface area contributed by atoms with E-state index >= 15 is 0 Å². The minimum absolute atomic E-state index is 0.597. The fourth-order valence-electron chi connectivity index (χ4n) is 1.75. The van der Waals surface area contributed by atoms with Gasteiger partial charge >= 0.3 is 6.18 Å². The number of alkyl halides is 3. The van der Waals surface area contributed by atoms with Crippen molar-refractivity contribution in [3.8, 4) is 0 Å². The van der Waals surface area contributed by atoms with Crippen LogP contribution in [0.1, 0.15) is 22.3 Å². The lowest BCUT2D eigenvalue weighted by molar-refractivity contribution is -0.137. The highest BCUT2D eigenvalue weighted by molar-refractivity contribution is 5.80. The molecule has 0 heterocycles. The minimum atomic E-state index is -4.31. The maximum atomic E-state index is 12.4. The van der Waals surface area contributed by atoms with Gasteiger partial charge in [-0.15, -0.1) is 0 Å². The Labute approximate surface area is 121 Å². The highest BCUT2D eigenvalue weighted by Gasteiger charge is 2.29. The van der Waals surface area contributed by atoms with Gasteiger partial charge in [0.05, 0.1) is 17.5 Å². The number of anilines is 1. The van der Waals surface area contributed by atoms with Crippen molar-refractivity contribution in [3.63, 3.8) is 0 Å². The Morgan fingerprint density at radius 2 is 1.62 bits per heavy atom. The van der Waals surface area contributed by atoms with Gasteiger partial charge in [0.1, 0.15) is 0 Å². The summed E-state index contributed by atoms with van der Waals surface area (Å²) in [5.74, 6) is 0. The van der Waals surface area contributed by atoms with Crippen molar-refractivity contribution in [2.24, 2.45) is 5.10 Å². The largest absolute Gasteiger partial charge is 0.416 e. The van der Waals surface area contributed by atoms with Gasteiger partial charge in [-0.05, 0) is 54.8 Å². The zero-order valence-corrected chi connectivity index (χ0v) is 11.7. The Balaban J connectivity index is 2.02. The number of hydrogen-bond acceptors (Lipinski definition) is 2. The van der Waals surface area contributed by atoms with Crippen molar-refractivity contribution in [3.05, 3.63) is 64.7 Å². The molecule has 0 aromatic heterocycles. The van der Waals surface area contributed by atoms with E-state index < -0.39 is 11.7 Å². The molecule has 0 radical (unpaired) electrons. The number of hydrazone groups is 1. The molecule has 0 amide bonds. The molecular weight excluding hydrogens is 277 g/mol. The monoisotopic (exact) mass is 292 g/mol. The van der Waals surface area contributed by atoms with Crippen molar-refractivity contribution in [2.75, 3.05) is 5.43 Å². The van der Waals surface area contributed by atoms with Crippen LogP contribution in [-0.4, -0.2) is 6.21 Å². The molecule has 0 aliphatic carbocycles. The highest BCUT2D eigenvalue weighted by atomic mass is 19.4. The molecule has 21 heavy (non-hydrogen) atoms. The molecule has 0 spiro atoms. The summed E-state index contributed by atoms with van der Waals surface area (Å²) in [5.41, 5.74) is 5.95. The van der Waals surface area contributed by atoms with Crippen LogP contribution in [0, 0.1) is 13.8 Å². The second kappa shape index (κ2) is 5.99. The van der Waals surface area contributed by atoms with Crippen molar-refractivity contribution >= 4 is 11.9 Å². The normalized spacial score (nSPS) is 11.9. The van der Waals surface area contributed by atoms with Crippen molar-refractivity contribution < 1.29 is 13.2 Å². The van der Waals surface area contributed by atoms with E-state index in [1.165, 1.54) is 23.9 Å². The fourth-order valence-corrected chi connectivity index (χ4v) is 1.75. The smallest absolute Gasteiger partial charge is 0.278 e. The fraction of sp³-hybridized carbons (Fsp3) is 0.188. The Bertz CT molecular complexity index is 644. The minimum Gasteiger partial charge on any atom is -0.278 e. The summed E-state index contributed by atoms with van der Waals surface area (Å²) in [6, 6.07) is 10.7. The molecule has 0 saturated carbocycles. The summed E-state index contributed by atoms with van der Waals surface area (Å²) in [5, 5.41) is 4.02. The molecule has 5 heteroatoms. The third-order valence-electron chi connectivity index (χ3n) is 3.15. The van der Waals surface area contributed by atoms with Gasteiger partial charge in [0.15, 0.2) is 0 Å². The first-order valence-corrected chi connectivity index (χ1v) is 6.40. The first-order valence-electron chi connectivity index (χ1n) is 6.40. The summed E-state index contributed by atoms with van der Waals surface area (Å²) in [6.07, 6.45) is -2.83. The number of hydrogen-bond donors (Lipinski definition) is 1. The topological polar surface area (TPSA) is 24.4 Å².